The molecule has 1 aliphatic heterocycles. The Hall–Kier alpha value is -2.16. The summed E-state index contributed by atoms with van der Waals surface area (Å²) in [6.45, 7) is 0.604. The fraction of sp³-hybridized carbons (Fsp3) is 0.118. The van der Waals surface area contributed by atoms with Crippen LogP contribution >= 0.6 is 22.7 Å². The Morgan fingerprint density at radius 2 is 1.88 bits per heavy atom. The van der Waals surface area contributed by atoms with E-state index in [4.69, 9.17) is 0 Å². The van der Waals surface area contributed by atoms with Crippen LogP contribution in [0.15, 0.2) is 57.4 Å². The number of nitrogens with one attached hydrogen (secondary N) is 1. The number of amides is 1. The van der Waals surface area contributed by atoms with Crippen LogP contribution in [0, 0.1) is 0 Å². The van der Waals surface area contributed by atoms with Crippen LogP contribution in [0.3, 0.4) is 0 Å². The average Bonchev–Trinajstić information content (AvgIpc) is 3.33. The van der Waals surface area contributed by atoms with E-state index in [1.807, 2.05) is 23.6 Å². The molecule has 1 aromatic carbocycles. The zero-order valence-corrected chi connectivity index (χ0v) is 15.5. The van der Waals surface area contributed by atoms with Crippen molar-refractivity contribution in [3.8, 4) is 0 Å². The summed E-state index contributed by atoms with van der Waals surface area (Å²) in [7, 11) is -3.56. The molecule has 8 heteroatoms. The lowest BCUT2D eigenvalue weighted by Gasteiger charge is -2.16. The first kappa shape index (κ1) is 16.3. The minimum absolute atomic E-state index is 0.0133. The molecule has 0 saturated carbocycles. The number of thiophene rings is 2. The second kappa shape index (κ2) is 6.29. The van der Waals surface area contributed by atoms with Crippen LogP contribution in [0.4, 0.5) is 11.4 Å². The maximum Gasteiger partial charge on any atom is 0.271 e. The van der Waals surface area contributed by atoms with Gasteiger partial charge < -0.3 is 4.90 Å². The summed E-state index contributed by atoms with van der Waals surface area (Å²) in [6, 6.07) is 12.3. The molecule has 128 valence electrons. The van der Waals surface area contributed by atoms with Gasteiger partial charge in [0.05, 0.1) is 4.88 Å². The van der Waals surface area contributed by atoms with Gasteiger partial charge in [-0.1, -0.05) is 12.1 Å². The van der Waals surface area contributed by atoms with E-state index in [-0.39, 0.29) is 10.1 Å². The normalized spacial score (nSPS) is 13.7. The Balaban J connectivity index is 1.59. The highest BCUT2D eigenvalue weighted by Crippen LogP contribution is 2.33. The first-order valence-corrected chi connectivity index (χ1v) is 10.8. The largest absolute Gasteiger partial charge is 0.307 e. The van der Waals surface area contributed by atoms with Gasteiger partial charge in [-0.05, 0) is 53.1 Å². The van der Waals surface area contributed by atoms with Crippen molar-refractivity contribution in [1.82, 2.24) is 0 Å². The molecule has 4 rings (SSSR count). The average molecular weight is 391 g/mol. The molecular weight excluding hydrogens is 376 g/mol. The topological polar surface area (TPSA) is 66.5 Å². The van der Waals surface area contributed by atoms with E-state index >= 15 is 0 Å². The Kier molecular flexibility index (Phi) is 4.10. The third-order valence-corrected chi connectivity index (χ3v) is 7.60. The fourth-order valence-corrected chi connectivity index (χ4v) is 5.55. The monoisotopic (exact) mass is 390 g/mol. The smallest absolute Gasteiger partial charge is 0.271 e. The standard InChI is InChI=1S/C17H14N2O3S3/c20-17(15-3-1-9-23-15)19-8-7-12-11-13(5-6-14(12)19)18-25(21,22)16-4-2-10-24-16/h1-6,9-11,18H,7-8H2. The number of hydrogen-bond acceptors (Lipinski definition) is 5. The van der Waals surface area contributed by atoms with Gasteiger partial charge in [0.25, 0.3) is 15.9 Å². The van der Waals surface area contributed by atoms with Crippen LogP contribution in [0.1, 0.15) is 15.2 Å². The zero-order valence-electron chi connectivity index (χ0n) is 13.0. The van der Waals surface area contributed by atoms with Crippen molar-refractivity contribution in [2.75, 3.05) is 16.2 Å². The van der Waals surface area contributed by atoms with Gasteiger partial charge in [-0.25, -0.2) is 8.42 Å². The lowest BCUT2D eigenvalue weighted by molar-refractivity contribution is 0.0993. The zero-order chi connectivity index (χ0) is 17.4. The molecule has 0 saturated heterocycles. The molecule has 1 aliphatic rings. The molecule has 25 heavy (non-hydrogen) atoms. The summed E-state index contributed by atoms with van der Waals surface area (Å²) in [5, 5.41) is 3.61. The van der Waals surface area contributed by atoms with Crippen molar-refractivity contribution in [3.05, 3.63) is 63.7 Å². The molecule has 0 spiro atoms. The number of nitrogens with zero attached hydrogens (tertiary/aromatic N) is 1. The van der Waals surface area contributed by atoms with E-state index in [2.05, 4.69) is 4.72 Å². The van der Waals surface area contributed by atoms with Crippen molar-refractivity contribution in [2.45, 2.75) is 10.6 Å². The van der Waals surface area contributed by atoms with Crippen LogP contribution in [0.25, 0.3) is 0 Å². The predicted octanol–water partition coefficient (Wildman–Crippen LogP) is 3.81. The van der Waals surface area contributed by atoms with Gasteiger partial charge >= 0.3 is 0 Å². The third-order valence-electron chi connectivity index (χ3n) is 3.96. The molecule has 0 atom stereocenters. The van der Waals surface area contributed by atoms with Gasteiger partial charge in [0.1, 0.15) is 4.21 Å². The SMILES string of the molecule is O=C(c1cccs1)N1CCc2cc(NS(=O)(=O)c3cccs3)ccc21. The predicted molar refractivity (Wildman–Crippen MR) is 101 cm³/mol. The van der Waals surface area contributed by atoms with E-state index in [0.717, 1.165) is 11.3 Å². The lowest BCUT2D eigenvalue weighted by atomic mass is 10.1. The van der Waals surface area contributed by atoms with Crippen molar-refractivity contribution in [3.63, 3.8) is 0 Å². The second-order valence-electron chi connectivity index (χ2n) is 5.57. The summed E-state index contributed by atoms with van der Waals surface area (Å²) in [4.78, 5) is 15.0. The highest BCUT2D eigenvalue weighted by molar-refractivity contribution is 7.94. The molecular formula is C17H14N2O3S3. The van der Waals surface area contributed by atoms with Crippen LogP contribution in [0.5, 0.6) is 0 Å². The molecule has 1 N–H and O–H groups in total. The van der Waals surface area contributed by atoms with Crippen molar-refractivity contribution < 1.29 is 13.2 Å². The molecule has 2 aromatic heterocycles. The van der Waals surface area contributed by atoms with Crippen LogP contribution in [0.2, 0.25) is 0 Å². The molecule has 5 nitrogen and oxygen atoms in total. The van der Waals surface area contributed by atoms with Gasteiger partial charge in [-0.2, -0.15) is 0 Å². The molecule has 3 heterocycles. The summed E-state index contributed by atoms with van der Waals surface area (Å²) in [5.74, 6) is -0.0133. The van der Waals surface area contributed by atoms with E-state index < -0.39 is 10.0 Å². The van der Waals surface area contributed by atoms with Gasteiger partial charge in [0.15, 0.2) is 0 Å². The number of carbonyl (C=O) groups is 1. The van der Waals surface area contributed by atoms with Gasteiger partial charge in [0, 0.05) is 17.9 Å². The molecule has 0 bridgehead atoms. The second-order valence-corrected chi connectivity index (χ2v) is 9.37. The van der Waals surface area contributed by atoms with Crippen LogP contribution < -0.4 is 9.62 Å². The van der Waals surface area contributed by atoms with E-state index in [1.165, 1.54) is 22.7 Å². The summed E-state index contributed by atoms with van der Waals surface area (Å²) in [5.41, 5.74) is 2.33. The molecule has 1 amide bonds. The quantitative estimate of drug-likeness (QED) is 0.737. The van der Waals surface area contributed by atoms with E-state index in [0.29, 0.717) is 23.5 Å². The molecule has 3 aromatic rings. The Morgan fingerprint density at radius 1 is 1.08 bits per heavy atom. The number of rotatable bonds is 4. The maximum absolute atomic E-state index is 12.6. The van der Waals surface area contributed by atoms with Crippen LogP contribution in [-0.4, -0.2) is 20.9 Å². The first-order valence-electron chi connectivity index (χ1n) is 7.59. The Bertz CT molecular complexity index is 1010. The Labute approximate surface area is 153 Å². The van der Waals surface area contributed by atoms with E-state index in [9.17, 15) is 13.2 Å². The van der Waals surface area contributed by atoms with Gasteiger partial charge in [-0.3, -0.25) is 9.52 Å². The Morgan fingerprint density at radius 3 is 2.60 bits per heavy atom. The van der Waals surface area contributed by atoms with Crippen molar-refractivity contribution >= 4 is 50.0 Å². The summed E-state index contributed by atoms with van der Waals surface area (Å²) < 4.78 is 27.5. The van der Waals surface area contributed by atoms with E-state index in [1.54, 1.807) is 34.5 Å². The lowest BCUT2D eigenvalue weighted by Crippen LogP contribution is -2.28. The molecule has 0 radical (unpaired) electrons. The van der Waals surface area contributed by atoms with Crippen LogP contribution in [-0.2, 0) is 16.4 Å². The summed E-state index contributed by atoms with van der Waals surface area (Å²) >= 11 is 2.60. The maximum atomic E-state index is 12.6. The number of anilines is 2. The van der Waals surface area contributed by atoms with Crippen molar-refractivity contribution in [2.24, 2.45) is 0 Å². The number of carbonyl (C=O) groups excluding carboxylic acids is 1. The third kappa shape index (κ3) is 3.08. The summed E-state index contributed by atoms with van der Waals surface area (Å²) in [6.07, 6.45) is 0.709. The molecule has 0 unspecified atom stereocenters. The highest BCUT2D eigenvalue weighted by Gasteiger charge is 2.26. The molecule has 0 aliphatic carbocycles. The van der Waals surface area contributed by atoms with Gasteiger partial charge in [0.2, 0.25) is 0 Å². The number of fused-ring (bicyclic) bond motifs is 1. The number of hydrogen-bond donors (Lipinski definition) is 1. The number of benzene rings is 1. The minimum Gasteiger partial charge on any atom is -0.307 e. The van der Waals surface area contributed by atoms with Gasteiger partial charge in [-0.15, -0.1) is 22.7 Å². The van der Waals surface area contributed by atoms with Crippen molar-refractivity contribution in [1.29, 1.82) is 0 Å². The fourth-order valence-electron chi connectivity index (χ4n) is 2.83. The first-order chi connectivity index (χ1) is 12.0. The molecule has 0 fully saturated rings. The number of sulfonamides is 1. The highest BCUT2D eigenvalue weighted by atomic mass is 32.2. The minimum atomic E-state index is -3.56.